The molecule has 15 nitrogen and oxygen atoms in total. The van der Waals surface area contributed by atoms with Crippen molar-refractivity contribution in [1.82, 2.24) is 29.1 Å². The summed E-state index contributed by atoms with van der Waals surface area (Å²) in [6.45, 7) is 20.2. The number of aromatic nitrogens is 6. The summed E-state index contributed by atoms with van der Waals surface area (Å²) in [6.07, 6.45) is 10.2. The molecule has 4 fully saturated rings. The standard InChI is InChI=1S/C36H30NP2.C15H21BN6.4C4H8O.Cu.HNO2.H2O/c1-7-19-31(20-8-1)38(32-21-9-2-10-22-32,33-23-11-3-12-24-33)37-39(34-25-13-4-14-26-34,35-27-15-5-16-28-35)36-29-17-6-18-30-36;1-10-7-13(4)20(17-10)16(21-14(5)8-11(2)18-21)22-15(6)9-12(3)19-22;4*1-2-4-5-3-1;;2-1-3;/h1-30H;7-9H,1-6H3;4*1-4H2;;(H,2,3);1H2/q+1;;;;;;;;/p-1. The molecule has 4 aliphatic rings. The molecule has 6 aromatic carbocycles. The molecule has 2 N–H and O–H groups in total. The normalized spacial score (nSPS) is 13.8. The van der Waals surface area contributed by atoms with E-state index < -0.39 is 14.5 Å². The average Bonchev–Trinajstić information content (AvgIpc) is 1.20. The van der Waals surface area contributed by atoms with Crippen LogP contribution in [0.25, 0.3) is 0 Å². The smallest absolute Gasteiger partial charge is 0.444 e. The first-order valence-electron chi connectivity index (χ1n) is 29.3. The van der Waals surface area contributed by atoms with Crippen LogP contribution in [0.1, 0.15) is 85.5 Å². The van der Waals surface area contributed by atoms with Crippen molar-refractivity contribution in [1.29, 1.82) is 0 Å². The Morgan fingerprint density at radius 1 is 0.407 bits per heavy atom. The van der Waals surface area contributed by atoms with Crippen LogP contribution in [0.5, 0.6) is 0 Å². The Morgan fingerprint density at radius 3 is 0.791 bits per heavy atom. The molecule has 19 heteroatoms. The van der Waals surface area contributed by atoms with Crippen LogP contribution in [0.2, 0.25) is 0 Å². The maximum Gasteiger partial charge on any atom is 0.569 e. The molecule has 0 atom stereocenters. The Labute approximate surface area is 521 Å². The predicted molar refractivity (Wildman–Crippen MR) is 353 cm³/mol. The topological polar surface area (TPSA) is 187 Å². The fourth-order valence-electron chi connectivity index (χ4n) is 10.3. The van der Waals surface area contributed by atoms with Crippen LogP contribution >= 0.6 is 14.5 Å². The molecule has 13 rings (SSSR count). The molecule has 3 aromatic heterocycles. The molecule has 86 heavy (non-hydrogen) atoms. The first-order valence-corrected chi connectivity index (χ1v) is 32.8. The molecule has 1 radical (unpaired) electrons. The van der Waals surface area contributed by atoms with Gasteiger partial charge in [0.05, 0.1) is 17.1 Å². The van der Waals surface area contributed by atoms with Gasteiger partial charge in [-0.3, -0.25) is 13.8 Å². The second-order valence-electron chi connectivity index (χ2n) is 20.7. The summed E-state index contributed by atoms with van der Waals surface area (Å²) in [5.41, 5.74) is 6.23. The second kappa shape index (κ2) is 37.8. The molecule has 0 unspecified atom stereocenters. The molecule has 0 saturated carbocycles. The van der Waals surface area contributed by atoms with Gasteiger partial charge in [0.1, 0.15) is 23.0 Å². The van der Waals surface area contributed by atoms with E-state index in [0.717, 1.165) is 92.4 Å². The van der Waals surface area contributed by atoms with Gasteiger partial charge in [-0.1, -0.05) is 146 Å². The van der Waals surface area contributed by atoms with E-state index in [0.29, 0.717) is 0 Å². The quantitative estimate of drug-likeness (QED) is 0.0556. The van der Waals surface area contributed by atoms with Gasteiger partial charge >= 0.3 is 7.12 Å². The molecular formula is C67H85BCuN8O7P2. The third-order valence-electron chi connectivity index (χ3n) is 14.1. The Morgan fingerprint density at radius 2 is 0.616 bits per heavy atom. The zero-order valence-corrected chi connectivity index (χ0v) is 53.4. The van der Waals surface area contributed by atoms with Crippen LogP contribution < -0.4 is 31.8 Å². The minimum Gasteiger partial charge on any atom is -0.444 e. The van der Waals surface area contributed by atoms with Gasteiger partial charge in [-0.15, -0.1) is 9.86 Å². The number of nitrogens with zero attached hydrogens (tertiary/aromatic N) is 8. The van der Waals surface area contributed by atoms with E-state index in [4.69, 9.17) is 33.6 Å². The van der Waals surface area contributed by atoms with Gasteiger partial charge in [-0.2, -0.15) is 15.3 Å². The van der Waals surface area contributed by atoms with E-state index in [-0.39, 0.29) is 29.7 Å². The van der Waals surface area contributed by atoms with Gasteiger partial charge in [0, 0.05) is 103 Å². The van der Waals surface area contributed by atoms with Gasteiger partial charge in [0.25, 0.3) is 0 Å². The van der Waals surface area contributed by atoms with Gasteiger partial charge in [0.2, 0.25) is 7.41 Å². The summed E-state index contributed by atoms with van der Waals surface area (Å²) in [6, 6.07) is 71.9. The zero-order valence-electron chi connectivity index (χ0n) is 50.7. The third-order valence-corrected chi connectivity index (χ3v) is 22.6. The van der Waals surface area contributed by atoms with E-state index >= 15 is 0 Å². The Balaban J connectivity index is 0.000000237. The van der Waals surface area contributed by atoms with Gasteiger partial charge in [-0.05, 0) is 148 Å². The minimum absolute atomic E-state index is 0. The number of aryl methyl sites for hydroxylation is 6. The Kier molecular flexibility index (Phi) is 30.9. The summed E-state index contributed by atoms with van der Waals surface area (Å²) < 4.78 is 32.1. The molecule has 0 amide bonds. The van der Waals surface area contributed by atoms with E-state index in [1.54, 1.807) is 0 Å². The molecule has 4 saturated heterocycles. The molecule has 0 aliphatic carbocycles. The van der Waals surface area contributed by atoms with Crippen molar-refractivity contribution in [3.63, 3.8) is 0 Å². The van der Waals surface area contributed by atoms with Crippen molar-refractivity contribution in [2.45, 2.75) is 92.9 Å². The summed E-state index contributed by atoms with van der Waals surface area (Å²) in [7, 11) is -5.22. The molecular weight excluding hydrogens is 1170 g/mol. The number of rotatable bonds is 10. The van der Waals surface area contributed by atoms with Gasteiger partial charge in [0.15, 0.2) is 0 Å². The maximum atomic E-state index is 8.00. The Bertz CT molecular complexity index is 2950. The van der Waals surface area contributed by atoms with Crippen LogP contribution in [-0.2, 0) is 36.0 Å². The summed E-state index contributed by atoms with van der Waals surface area (Å²) >= 11 is 0. The fourth-order valence-corrected chi connectivity index (χ4v) is 19.8. The average molecular weight is 1250 g/mol. The monoisotopic (exact) mass is 1250 g/mol. The zero-order chi connectivity index (χ0) is 59.2. The molecule has 0 bridgehead atoms. The molecule has 7 heterocycles. The first kappa shape index (κ1) is 70.2. The molecule has 0 spiro atoms. The fraction of sp³-hybridized carbons (Fsp3) is 0.328. The Hall–Kier alpha value is -6.61. The second-order valence-corrected chi connectivity index (χ2v) is 27.0. The van der Waals surface area contributed by atoms with Crippen molar-refractivity contribution in [3.8, 4) is 0 Å². The summed E-state index contributed by atoms with van der Waals surface area (Å²) in [5.74, 6) is 0. The van der Waals surface area contributed by atoms with Crippen LogP contribution in [0.4, 0.5) is 0 Å². The van der Waals surface area contributed by atoms with E-state index in [1.165, 1.54) is 83.2 Å². The van der Waals surface area contributed by atoms with Crippen molar-refractivity contribution < 1.29 is 41.5 Å². The van der Waals surface area contributed by atoms with E-state index in [2.05, 4.69) is 236 Å². The maximum absolute atomic E-state index is 8.00. The number of hydrogen-bond acceptors (Lipinski definition) is 11. The van der Waals surface area contributed by atoms with Crippen molar-refractivity contribution in [2.75, 3.05) is 52.9 Å². The van der Waals surface area contributed by atoms with Crippen molar-refractivity contribution >= 4 is 53.4 Å². The van der Waals surface area contributed by atoms with Crippen LogP contribution in [0.3, 0.4) is 0 Å². The third kappa shape index (κ3) is 19.7. The van der Waals surface area contributed by atoms with Gasteiger partial charge < -0.3 is 34.5 Å². The predicted octanol–water partition coefficient (Wildman–Crippen LogP) is 11.7. The number of benzene rings is 6. The van der Waals surface area contributed by atoms with Crippen molar-refractivity contribution in [3.05, 3.63) is 244 Å². The minimum atomic E-state index is -2.50. The van der Waals surface area contributed by atoms with Crippen LogP contribution in [-0.4, -0.2) is 94.5 Å². The number of hydrogen-bond donors (Lipinski definition) is 0. The van der Waals surface area contributed by atoms with E-state index in [9.17, 15) is 0 Å². The summed E-state index contributed by atoms with van der Waals surface area (Å²) in [4.78, 5) is 8.00. The molecule has 9 aromatic rings. The van der Waals surface area contributed by atoms with Gasteiger partial charge in [-0.25, -0.2) is 0 Å². The molecule has 4 aliphatic heterocycles. The number of ether oxygens (including phenoxy) is 4. The first-order chi connectivity index (χ1) is 41.1. The van der Waals surface area contributed by atoms with Crippen LogP contribution in [0, 0.1) is 51.7 Å². The molecule has 459 valence electrons. The van der Waals surface area contributed by atoms with Crippen LogP contribution in [0.15, 0.2) is 210 Å². The SMILES string of the molecule is C1CCOC1.C1CCOC1.C1CCOC1.C1CCOC1.Cc1cc(C)n(B(n2nc(C)cc2C)n2nc(C)cc2C)n1.O.O=N[O-].[Cu].c1ccc(P(=N[P+](c2ccccc2)(c2ccccc2)c2ccccc2)(c2ccccc2)c2ccccc2)cc1. The van der Waals surface area contributed by atoms with E-state index in [1.807, 2.05) is 34.5 Å². The largest absolute Gasteiger partial charge is 0.569 e. The summed E-state index contributed by atoms with van der Waals surface area (Å²) in [5, 5.41) is 30.5. The van der Waals surface area contributed by atoms with Crippen molar-refractivity contribution in [2.24, 2.45) is 9.86 Å².